The first-order valence-electron chi connectivity index (χ1n) is 5.66. The molecule has 0 bridgehead atoms. The molecule has 1 aliphatic heterocycles. The first-order valence-corrected chi connectivity index (χ1v) is 6.45. The van der Waals surface area contributed by atoms with Gasteiger partial charge in [-0.05, 0) is 41.3 Å². The van der Waals surface area contributed by atoms with E-state index >= 15 is 0 Å². The Morgan fingerprint density at radius 3 is 3.00 bits per heavy atom. The highest BCUT2D eigenvalue weighted by atomic mass is 79.9. The highest BCUT2D eigenvalue weighted by Crippen LogP contribution is 2.29. The molecule has 1 atom stereocenters. The second kappa shape index (κ2) is 5.69. The summed E-state index contributed by atoms with van der Waals surface area (Å²) in [4.78, 5) is 0. The normalized spacial score (nSPS) is 20.2. The lowest BCUT2D eigenvalue weighted by Gasteiger charge is -2.23. The van der Waals surface area contributed by atoms with Crippen molar-refractivity contribution >= 4 is 21.6 Å². The maximum atomic E-state index is 13.1. The molecule has 1 heterocycles. The molecule has 2 N–H and O–H groups in total. The fourth-order valence-corrected chi connectivity index (χ4v) is 2.11. The van der Waals surface area contributed by atoms with Crippen LogP contribution in [0.4, 0.5) is 10.1 Å². The van der Waals surface area contributed by atoms with Gasteiger partial charge in [-0.25, -0.2) is 4.39 Å². The fourth-order valence-electron chi connectivity index (χ4n) is 1.79. The summed E-state index contributed by atoms with van der Waals surface area (Å²) in [5, 5.41) is 0. The first-order chi connectivity index (χ1) is 8.16. The van der Waals surface area contributed by atoms with Crippen molar-refractivity contribution in [3.8, 4) is 5.75 Å². The van der Waals surface area contributed by atoms with Crippen LogP contribution in [0.5, 0.6) is 5.75 Å². The molecule has 0 saturated carbocycles. The van der Waals surface area contributed by atoms with Crippen LogP contribution >= 0.6 is 15.9 Å². The molecule has 0 aromatic heterocycles. The average Bonchev–Trinajstić information content (AvgIpc) is 2.33. The van der Waals surface area contributed by atoms with Gasteiger partial charge < -0.3 is 15.2 Å². The van der Waals surface area contributed by atoms with Crippen LogP contribution in [-0.4, -0.2) is 19.3 Å². The molecule has 1 aromatic rings. The van der Waals surface area contributed by atoms with Crippen LogP contribution in [0.15, 0.2) is 16.6 Å². The lowest BCUT2D eigenvalue weighted by Crippen LogP contribution is -2.26. The molecule has 1 fully saturated rings. The number of ether oxygens (including phenoxy) is 2. The Hall–Kier alpha value is -0.810. The van der Waals surface area contributed by atoms with Crippen molar-refractivity contribution in [2.24, 2.45) is 0 Å². The third-order valence-corrected chi connectivity index (χ3v) is 3.36. The quantitative estimate of drug-likeness (QED) is 0.873. The Balaban J connectivity index is 1.96. The molecule has 2 rings (SSSR count). The van der Waals surface area contributed by atoms with Gasteiger partial charge in [0.25, 0.3) is 0 Å². The average molecular weight is 304 g/mol. The van der Waals surface area contributed by atoms with Crippen molar-refractivity contribution in [1.82, 2.24) is 0 Å². The van der Waals surface area contributed by atoms with Crippen LogP contribution in [0.1, 0.15) is 19.3 Å². The van der Waals surface area contributed by atoms with E-state index in [2.05, 4.69) is 15.9 Å². The number of nitrogen functional groups attached to an aromatic ring is 1. The number of nitrogens with two attached hydrogens (primary N) is 1. The maximum Gasteiger partial charge on any atom is 0.143 e. The van der Waals surface area contributed by atoms with Crippen LogP contribution in [-0.2, 0) is 4.74 Å². The molecule has 1 aliphatic rings. The number of hydrogen-bond acceptors (Lipinski definition) is 3. The number of rotatable bonds is 3. The van der Waals surface area contributed by atoms with Gasteiger partial charge in [-0.1, -0.05) is 0 Å². The van der Waals surface area contributed by atoms with Gasteiger partial charge in [0.1, 0.15) is 18.2 Å². The monoisotopic (exact) mass is 303 g/mol. The Morgan fingerprint density at radius 2 is 2.29 bits per heavy atom. The van der Waals surface area contributed by atoms with E-state index in [4.69, 9.17) is 15.2 Å². The predicted octanol–water partition coefficient (Wildman–Crippen LogP) is 3.12. The summed E-state index contributed by atoms with van der Waals surface area (Å²) in [5.74, 6) is 0.108. The molecule has 1 unspecified atom stereocenters. The van der Waals surface area contributed by atoms with E-state index in [0.29, 0.717) is 22.5 Å². The van der Waals surface area contributed by atoms with Crippen molar-refractivity contribution in [2.45, 2.75) is 25.4 Å². The molecular formula is C12H15BrFNO2. The molecule has 3 nitrogen and oxygen atoms in total. The molecule has 5 heteroatoms. The summed E-state index contributed by atoms with van der Waals surface area (Å²) >= 11 is 3.10. The zero-order valence-electron chi connectivity index (χ0n) is 9.42. The Kier molecular flexibility index (Phi) is 4.23. The molecule has 0 amide bonds. The van der Waals surface area contributed by atoms with Gasteiger partial charge in [0.15, 0.2) is 0 Å². The summed E-state index contributed by atoms with van der Waals surface area (Å²) in [6.07, 6.45) is 3.39. The minimum atomic E-state index is -0.385. The van der Waals surface area contributed by atoms with E-state index in [1.807, 2.05) is 0 Å². The van der Waals surface area contributed by atoms with Gasteiger partial charge in [-0.15, -0.1) is 0 Å². The minimum Gasteiger partial charge on any atom is -0.489 e. The molecule has 1 saturated heterocycles. The van der Waals surface area contributed by atoms with Crippen molar-refractivity contribution in [1.29, 1.82) is 0 Å². The zero-order chi connectivity index (χ0) is 12.3. The van der Waals surface area contributed by atoms with E-state index in [-0.39, 0.29) is 11.9 Å². The molecule has 0 radical (unpaired) electrons. The highest BCUT2D eigenvalue weighted by molar-refractivity contribution is 9.10. The fraction of sp³-hybridized carbons (Fsp3) is 0.500. The first kappa shape index (κ1) is 12.6. The predicted molar refractivity (Wildman–Crippen MR) is 67.6 cm³/mol. The molecular weight excluding hydrogens is 289 g/mol. The topological polar surface area (TPSA) is 44.5 Å². The van der Waals surface area contributed by atoms with Crippen molar-refractivity contribution in [3.05, 3.63) is 22.4 Å². The summed E-state index contributed by atoms with van der Waals surface area (Å²) in [6.45, 7) is 1.25. The smallest absolute Gasteiger partial charge is 0.143 e. The van der Waals surface area contributed by atoms with E-state index in [1.165, 1.54) is 6.07 Å². The third-order valence-electron chi connectivity index (χ3n) is 2.75. The number of halogens is 2. The third kappa shape index (κ3) is 3.33. The van der Waals surface area contributed by atoms with Gasteiger partial charge in [0.05, 0.1) is 16.3 Å². The number of anilines is 1. The van der Waals surface area contributed by atoms with Crippen molar-refractivity contribution < 1.29 is 13.9 Å². The Bertz CT molecular complexity index is 394. The highest BCUT2D eigenvalue weighted by Gasteiger charge is 2.15. The van der Waals surface area contributed by atoms with E-state index in [9.17, 15) is 4.39 Å². The van der Waals surface area contributed by atoms with Gasteiger partial charge >= 0.3 is 0 Å². The van der Waals surface area contributed by atoms with E-state index < -0.39 is 0 Å². The van der Waals surface area contributed by atoms with Gasteiger partial charge in [0, 0.05) is 12.7 Å². The van der Waals surface area contributed by atoms with Gasteiger partial charge in [-0.2, -0.15) is 0 Å². The Labute approximate surface area is 108 Å². The molecule has 0 spiro atoms. The number of benzene rings is 1. The second-order valence-electron chi connectivity index (χ2n) is 4.10. The van der Waals surface area contributed by atoms with Crippen LogP contribution in [0.2, 0.25) is 0 Å². The zero-order valence-corrected chi connectivity index (χ0v) is 11.0. The molecule has 0 aliphatic carbocycles. The molecule has 17 heavy (non-hydrogen) atoms. The summed E-state index contributed by atoms with van der Waals surface area (Å²) in [5.41, 5.74) is 5.99. The molecule has 94 valence electrons. The SMILES string of the molecule is Nc1cc(F)c(Br)cc1OCC1CCCCO1. The van der Waals surface area contributed by atoms with Crippen LogP contribution in [0, 0.1) is 5.82 Å². The van der Waals surface area contributed by atoms with Crippen LogP contribution in [0.25, 0.3) is 0 Å². The summed E-state index contributed by atoms with van der Waals surface area (Å²) in [7, 11) is 0. The van der Waals surface area contributed by atoms with Crippen molar-refractivity contribution in [2.75, 3.05) is 18.9 Å². The standard InChI is InChI=1S/C12H15BrFNO2/c13-9-5-12(11(15)6-10(9)14)17-7-8-3-1-2-4-16-8/h5-6,8H,1-4,7,15H2. The van der Waals surface area contributed by atoms with Crippen LogP contribution < -0.4 is 10.5 Å². The lowest BCUT2D eigenvalue weighted by atomic mass is 10.1. The Morgan fingerprint density at radius 1 is 1.47 bits per heavy atom. The maximum absolute atomic E-state index is 13.1. The van der Waals surface area contributed by atoms with Crippen molar-refractivity contribution in [3.63, 3.8) is 0 Å². The van der Waals surface area contributed by atoms with Gasteiger partial charge in [0.2, 0.25) is 0 Å². The summed E-state index contributed by atoms with van der Waals surface area (Å²) in [6, 6.07) is 2.80. The van der Waals surface area contributed by atoms with E-state index in [1.54, 1.807) is 6.07 Å². The minimum absolute atomic E-state index is 0.118. The second-order valence-corrected chi connectivity index (χ2v) is 4.96. The van der Waals surface area contributed by atoms with Gasteiger partial charge in [-0.3, -0.25) is 0 Å². The van der Waals surface area contributed by atoms with E-state index in [0.717, 1.165) is 25.9 Å². The largest absolute Gasteiger partial charge is 0.489 e. The summed E-state index contributed by atoms with van der Waals surface area (Å²) < 4.78 is 24.6. The molecule has 1 aromatic carbocycles. The number of hydrogen-bond donors (Lipinski definition) is 1. The lowest BCUT2D eigenvalue weighted by molar-refractivity contribution is -0.0109. The van der Waals surface area contributed by atoms with Crippen LogP contribution in [0.3, 0.4) is 0 Å².